The molecule has 0 heterocycles. The third-order valence-electron chi connectivity index (χ3n) is 2.05. The summed E-state index contributed by atoms with van der Waals surface area (Å²) in [7, 11) is 0. The molecule has 0 radical (unpaired) electrons. The van der Waals surface area contributed by atoms with Gasteiger partial charge in [0.2, 0.25) is 5.91 Å². The van der Waals surface area contributed by atoms with Crippen molar-refractivity contribution in [2.24, 2.45) is 0 Å². The van der Waals surface area contributed by atoms with E-state index in [0.29, 0.717) is 15.7 Å². The van der Waals surface area contributed by atoms with Gasteiger partial charge in [0.1, 0.15) is 0 Å². The number of carbonyl (C=O) groups excluding carboxylic acids is 1. The second-order valence-electron chi connectivity index (χ2n) is 4.90. The molecule has 2 N–H and O–H groups in total. The largest absolute Gasteiger partial charge is 0.322 e. The lowest BCUT2D eigenvalue weighted by Crippen LogP contribution is -2.41. The Hall–Kier alpha value is -0.290. The van der Waals surface area contributed by atoms with Gasteiger partial charge in [-0.25, -0.2) is 0 Å². The number of benzene rings is 1. The van der Waals surface area contributed by atoms with E-state index in [1.807, 2.05) is 20.8 Å². The molecular weight excluding hydrogens is 339 g/mol. The van der Waals surface area contributed by atoms with E-state index < -0.39 is 0 Å². The van der Waals surface area contributed by atoms with Crippen molar-refractivity contribution in [1.82, 2.24) is 5.32 Å². The number of hydrogen-bond acceptors (Lipinski definition) is 2. The minimum atomic E-state index is -0.184. The lowest BCUT2D eigenvalue weighted by Gasteiger charge is -2.20. The quantitative estimate of drug-likeness (QED) is 0.859. The Morgan fingerprint density at radius 2 is 1.78 bits per heavy atom. The van der Waals surface area contributed by atoms with Crippen LogP contribution in [0.3, 0.4) is 0 Å². The minimum Gasteiger partial charge on any atom is -0.322 e. The summed E-state index contributed by atoms with van der Waals surface area (Å²) in [5, 5.41) is 6.58. The van der Waals surface area contributed by atoms with Gasteiger partial charge < -0.3 is 10.6 Å². The standard InChI is InChI=1S/C12H15BrCl2N2O/c1-12(2,3)16-6-10(18)17-11-8(14)4-7(13)5-9(11)15/h4-5,16H,6H2,1-3H3,(H,17,18). The molecule has 0 unspecified atom stereocenters. The Morgan fingerprint density at radius 1 is 1.28 bits per heavy atom. The second kappa shape index (κ2) is 6.24. The van der Waals surface area contributed by atoms with Gasteiger partial charge in [0, 0.05) is 10.0 Å². The Morgan fingerprint density at radius 3 is 2.22 bits per heavy atom. The van der Waals surface area contributed by atoms with Crippen LogP contribution in [0.4, 0.5) is 5.69 Å². The van der Waals surface area contributed by atoms with Crippen molar-refractivity contribution >= 4 is 50.7 Å². The molecule has 3 nitrogen and oxygen atoms in total. The third kappa shape index (κ3) is 5.14. The molecule has 0 atom stereocenters. The summed E-state index contributed by atoms with van der Waals surface area (Å²) in [6.07, 6.45) is 0. The first-order valence-electron chi connectivity index (χ1n) is 5.38. The van der Waals surface area contributed by atoms with Gasteiger partial charge in [-0.2, -0.15) is 0 Å². The van der Waals surface area contributed by atoms with Gasteiger partial charge in [-0.05, 0) is 32.9 Å². The van der Waals surface area contributed by atoms with Crippen molar-refractivity contribution in [3.05, 3.63) is 26.7 Å². The van der Waals surface area contributed by atoms with Crippen molar-refractivity contribution in [2.75, 3.05) is 11.9 Å². The van der Waals surface area contributed by atoms with Gasteiger partial charge in [0.15, 0.2) is 0 Å². The molecule has 1 aromatic rings. The third-order valence-corrected chi connectivity index (χ3v) is 3.10. The van der Waals surface area contributed by atoms with Crippen LogP contribution in [0.5, 0.6) is 0 Å². The van der Waals surface area contributed by atoms with Gasteiger partial charge in [-0.1, -0.05) is 39.1 Å². The van der Waals surface area contributed by atoms with Crippen molar-refractivity contribution in [1.29, 1.82) is 0 Å². The molecule has 0 saturated carbocycles. The van der Waals surface area contributed by atoms with E-state index in [9.17, 15) is 4.79 Å². The van der Waals surface area contributed by atoms with Crippen LogP contribution >= 0.6 is 39.1 Å². The highest BCUT2D eigenvalue weighted by molar-refractivity contribution is 9.10. The average Bonchev–Trinajstić information content (AvgIpc) is 2.19. The normalized spacial score (nSPS) is 11.4. The Labute approximate surface area is 125 Å². The van der Waals surface area contributed by atoms with E-state index in [1.54, 1.807) is 12.1 Å². The summed E-state index contributed by atoms with van der Waals surface area (Å²) in [5.74, 6) is -0.184. The lowest BCUT2D eigenvalue weighted by atomic mass is 10.1. The fourth-order valence-corrected chi connectivity index (χ4v) is 2.49. The molecule has 1 aromatic carbocycles. The second-order valence-corrected chi connectivity index (χ2v) is 6.63. The SMILES string of the molecule is CC(C)(C)NCC(=O)Nc1c(Cl)cc(Br)cc1Cl. The number of hydrogen-bond donors (Lipinski definition) is 2. The first kappa shape index (κ1) is 15.8. The molecule has 0 aromatic heterocycles. The average molecular weight is 354 g/mol. The minimum absolute atomic E-state index is 0.120. The summed E-state index contributed by atoms with van der Waals surface area (Å²) < 4.78 is 0.767. The van der Waals surface area contributed by atoms with Crippen LogP contribution in [0, 0.1) is 0 Å². The molecule has 18 heavy (non-hydrogen) atoms. The molecule has 0 saturated heterocycles. The van der Waals surface area contributed by atoms with Crippen LogP contribution in [0.2, 0.25) is 10.0 Å². The van der Waals surface area contributed by atoms with Crippen LogP contribution < -0.4 is 10.6 Å². The highest BCUT2D eigenvalue weighted by atomic mass is 79.9. The molecule has 0 bridgehead atoms. The maximum atomic E-state index is 11.7. The maximum absolute atomic E-state index is 11.7. The Kier molecular flexibility index (Phi) is 5.46. The summed E-state index contributed by atoms with van der Waals surface area (Å²) >= 11 is 15.3. The fraction of sp³-hybridized carbons (Fsp3) is 0.417. The predicted octanol–water partition coefficient (Wildman–Crippen LogP) is 4.08. The summed E-state index contributed by atoms with van der Waals surface area (Å²) in [6, 6.07) is 3.36. The number of anilines is 1. The zero-order valence-electron chi connectivity index (χ0n) is 10.4. The highest BCUT2D eigenvalue weighted by Gasteiger charge is 2.14. The Balaban J connectivity index is 2.71. The Bertz CT molecular complexity index is 435. The first-order valence-corrected chi connectivity index (χ1v) is 6.93. The number of nitrogens with one attached hydrogen (secondary N) is 2. The number of rotatable bonds is 3. The van der Waals surface area contributed by atoms with Gasteiger partial charge in [-0.15, -0.1) is 0 Å². The van der Waals surface area contributed by atoms with E-state index >= 15 is 0 Å². The van der Waals surface area contributed by atoms with Gasteiger partial charge >= 0.3 is 0 Å². The number of amides is 1. The molecule has 1 rings (SSSR count). The van der Waals surface area contributed by atoms with Crippen molar-refractivity contribution < 1.29 is 4.79 Å². The van der Waals surface area contributed by atoms with Gasteiger partial charge in [0.25, 0.3) is 0 Å². The van der Waals surface area contributed by atoms with Gasteiger partial charge in [0.05, 0.1) is 22.3 Å². The fourth-order valence-electron chi connectivity index (χ4n) is 1.19. The molecule has 0 aliphatic heterocycles. The van der Waals surface area contributed by atoms with E-state index in [1.165, 1.54) is 0 Å². The van der Waals surface area contributed by atoms with Crippen LogP contribution in [0.1, 0.15) is 20.8 Å². The predicted molar refractivity (Wildman–Crippen MR) is 80.5 cm³/mol. The first-order chi connectivity index (χ1) is 8.19. The van der Waals surface area contributed by atoms with Crippen LogP contribution in [-0.2, 0) is 4.79 Å². The molecule has 1 amide bonds. The monoisotopic (exact) mass is 352 g/mol. The molecular formula is C12H15BrCl2N2O. The van der Waals surface area contributed by atoms with E-state index in [0.717, 1.165) is 4.47 Å². The van der Waals surface area contributed by atoms with E-state index in [-0.39, 0.29) is 18.0 Å². The summed E-state index contributed by atoms with van der Waals surface area (Å²) in [4.78, 5) is 11.7. The molecule has 0 aliphatic rings. The van der Waals surface area contributed by atoms with Gasteiger partial charge in [-0.3, -0.25) is 4.79 Å². The number of halogens is 3. The van der Waals surface area contributed by atoms with E-state index in [4.69, 9.17) is 23.2 Å². The van der Waals surface area contributed by atoms with Crippen LogP contribution in [-0.4, -0.2) is 18.0 Å². The highest BCUT2D eigenvalue weighted by Crippen LogP contribution is 2.33. The van der Waals surface area contributed by atoms with Crippen molar-refractivity contribution in [2.45, 2.75) is 26.3 Å². The molecule has 100 valence electrons. The molecule has 6 heteroatoms. The van der Waals surface area contributed by atoms with Crippen LogP contribution in [0.25, 0.3) is 0 Å². The zero-order chi connectivity index (χ0) is 13.9. The summed E-state index contributed by atoms with van der Waals surface area (Å²) in [5.41, 5.74) is 0.312. The van der Waals surface area contributed by atoms with Crippen molar-refractivity contribution in [3.63, 3.8) is 0 Å². The molecule has 0 spiro atoms. The maximum Gasteiger partial charge on any atom is 0.238 e. The van der Waals surface area contributed by atoms with E-state index in [2.05, 4.69) is 26.6 Å². The zero-order valence-corrected chi connectivity index (χ0v) is 13.5. The summed E-state index contributed by atoms with van der Waals surface area (Å²) in [6.45, 7) is 6.16. The molecule has 0 fully saturated rings. The van der Waals surface area contributed by atoms with Crippen molar-refractivity contribution in [3.8, 4) is 0 Å². The smallest absolute Gasteiger partial charge is 0.238 e. The van der Waals surface area contributed by atoms with Crippen LogP contribution in [0.15, 0.2) is 16.6 Å². The molecule has 0 aliphatic carbocycles. The lowest BCUT2D eigenvalue weighted by molar-refractivity contribution is -0.115. The number of carbonyl (C=O) groups is 1. The topological polar surface area (TPSA) is 41.1 Å².